The molecular weight excluding hydrogens is 410 g/mol. The first-order chi connectivity index (χ1) is 12.8. The molecule has 1 aliphatic heterocycles. The molecule has 1 aromatic carbocycles. The first kappa shape index (κ1) is 21.5. The monoisotopic (exact) mass is 437 g/mol. The number of allylic oxidation sites excluding steroid dienone is 2. The van der Waals surface area contributed by atoms with Crippen LogP contribution in [0.4, 0.5) is 4.79 Å². The van der Waals surface area contributed by atoms with Crippen molar-refractivity contribution in [2.75, 3.05) is 5.33 Å². The Bertz CT molecular complexity index is 654. The van der Waals surface area contributed by atoms with Gasteiger partial charge in [0.25, 0.3) is 0 Å². The fraction of sp³-hybridized carbons (Fsp3) is 0.524. The van der Waals surface area contributed by atoms with Crippen LogP contribution in [-0.4, -0.2) is 35.1 Å². The highest BCUT2D eigenvalue weighted by Gasteiger charge is 2.39. The van der Waals surface area contributed by atoms with Gasteiger partial charge in [0.2, 0.25) is 0 Å². The van der Waals surface area contributed by atoms with Gasteiger partial charge >= 0.3 is 12.1 Å². The van der Waals surface area contributed by atoms with Gasteiger partial charge in [-0.2, -0.15) is 0 Å². The number of benzene rings is 1. The number of carbonyl (C=O) groups is 2. The van der Waals surface area contributed by atoms with Crippen molar-refractivity contribution >= 4 is 28.0 Å². The van der Waals surface area contributed by atoms with E-state index in [1.165, 1.54) is 0 Å². The molecule has 27 heavy (non-hydrogen) atoms. The maximum Gasteiger partial charge on any atom is 0.408 e. The number of carbonyl (C=O) groups excluding carboxylic acids is 2. The van der Waals surface area contributed by atoms with Gasteiger partial charge in [-0.1, -0.05) is 58.4 Å². The number of alkyl halides is 1. The summed E-state index contributed by atoms with van der Waals surface area (Å²) in [7, 11) is 0. The molecule has 2 rings (SSSR count). The topological polar surface area (TPSA) is 64.6 Å². The van der Waals surface area contributed by atoms with Gasteiger partial charge in [0.1, 0.15) is 11.7 Å². The van der Waals surface area contributed by atoms with Crippen molar-refractivity contribution in [1.29, 1.82) is 0 Å². The van der Waals surface area contributed by atoms with Gasteiger partial charge in [0.15, 0.2) is 0 Å². The fourth-order valence-electron chi connectivity index (χ4n) is 3.03. The van der Waals surface area contributed by atoms with Crippen LogP contribution in [0.2, 0.25) is 0 Å². The highest BCUT2D eigenvalue weighted by Crippen LogP contribution is 2.28. The molecule has 1 heterocycles. The van der Waals surface area contributed by atoms with E-state index in [-0.39, 0.29) is 24.0 Å². The largest absolute Gasteiger partial charge is 0.460 e. The van der Waals surface area contributed by atoms with Crippen LogP contribution in [0.15, 0.2) is 42.5 Å². The fourth-order valence-corrected chi connectivity index (χ4v) is 3.30. The minimum Gasteiger partial charge on any atom is -0.460 e. The number of hydrogen-bond acceptors (Lipinski definition) is 4. The van der Waals surface area contributed by atoms with E-state index < -0.39 is 11.7 Å². The van der Waals surface area contributed by atoms with E-state index >= 15 is 0 Å². The molecule has 0 spiro atoms. The third kappa shape index (κ3) is 7.37. The van der Waals surface area contributed by atoms with E-state index in [2.05, 4.69) is 21.2 Å². The molecular formula is C21H28BrNO4. The summed E-state index contributed by atoms with van der Waals surface area (Å²) in [5.74, 6) is -0.382. The van der Waals surface area contributed by atoms with Gasteiger partial charge < -0.3 is 14.8 Å². The van der Waals surface area contributed by atoms with Gasteiger partial charge in [-0.3, -0.25) is 4.79 Å². The van der Waals surface area contributed by atoms with Crippen molar-refractivity contribution in [3.05, 3.63) is 48.0 Å². The lowest BCUT2D eigenvalue weighted by molar-refractivity contribution is -0.145. The van der Waals surface area contributed by atoms with Crippen LogP contribution in [0.1, 0.15) is 39.2 Å². The van der Waals surface area contributed by atoms with E-state index in [9.17, 15) is 9.59 Å². The van der Waals surface area contributed by atoms with Crippen LogP contribution in [0.3, 0.4) is 0 Å². The zero-order valence-electron chi connectivity index (χ0n) is 16.1. The van der Waals surface area contributed by atoms with Crippen molar-refractivity contribution in [2.45, 2.75) is 57.8 Å². The lowest BCUT2D eigenvalue weighted by atomic mass is 9.94. The number of alkyl carbamates (subject to hydrolysis) is 1. The average molecular weight is 438 g/mol. The molecule has 0 radical (unpaired) electrons. The first-order valence-corrected chi connectivity index (χ1v) is 10.4. The number of nitrogens with one attached hydrogen (secondary N) is 1. The predicted molar refractivity (Wildman–Crippen MR) is 109 cm³/mol. The number of amides is 1. The zero-order valence-corrected chi connectivity index (χ0v) is 17.7. The molecule has 0 unspecified atom stereocenters. The summed E-state index contributed by atoms with van der Waals surface area (Å²) in [5.41, 5.74) is 0.480. The Hall–Kier alpha value is -1.82. The third-order valence-corrected chi connectivity index (χ3v) is 4.62. The molecule has 3 atom stereocenters. The Morgan fingerprint density at radius 1 is 1.33 bits per heavy atom. The quantitative estimate of drug-likeness (QED) is 0.390. The third-order valence-electron chi connectivity index (χ3n) is 4.24. The minimum atomic E-state index is -0.587. The number of ether oxygens (including phenoxy) is 2. The second kappa shape index (κ2) is 9.93. The maximum absolute atomic E-state index is 12.3. The van der Waals surface area contributed by atoms with Crippen molar-refractivity contribution in [1.82, 2.24) is 5.32 Å². The Balaban J connectivity index is 2.08. The number of hydrogen-bond donors (Lipinski definition) is 1. The van der Waals surface area contributed by atoms with Crippen molar-refractivity contribution in [3.8, 4) is 0 Å². The van der Waals surface area contributed by atoms with Crippen molar-refractivity contribution in [3.63, 3.8) is 0 Å². The Morgan fingerprint density at radius 3 is 2.67 bits per heavy atom. The SMILES string of the molecule is CC(C)(C)OC(=O)N[C@@H](Cc1ccccc1)[C@@H]1C[C@@H](C/C=C/CBr)C(=O)O1. The summed E-state index contributed by atoms with van der Waals surface area (Å²) < 4.78 is 11.0. The number of halogens is 1. The molecule has 0 aromatic heterocycles. The van der Waals surface area contributed by atoms with E-state index in [1.807, 2.05) is 63.3 Å². The molecule has 1 fully saturated rings. The van der Waals surface area contributed by atoms with Crippen LogP contribution >= 0.6 is 15.9 Å². The number of esters is 1. The number of cyclic esters (lactones) is 1. The molecule has 6 heteroatoms. The summed E-state index contributed by atoms with van der Waals surface area (Å²) in [6.45, 7) is 5.46. The Labute approximate surface area is 169 Å². The smallest absolute Gasteiger partial charge is 0.408 e. The van der Waals surface area contributed by atoms with E-state index in [1.54, 1.807) is 0 Å². The lowest BCUT2D eigenvalue weighted by Crippen LogP contribution is -2.46. The summed E-state index contributed by atoms with van der Waals surface area (Å²) in [4.78, 5) is 24.5. The average Bonchev–Trinajstić information content (AvgIpc) is 2.95. The molecule has 1 saturated heterocycles. The second-order valence-electron chi connectivity index (χ2n) is 7.71. The van der Waals surface area contributed by atoms with Gasteiger partial charge in [-0.05, 0) is 45.6 Å². The molecule has 0 aliphatic carbocycles. The molecule has 1 amide bonds. The van der Waals surface area contributed by atoms with Crippen molar-refractivity contribution < 1.29 is 19.1 Å². The maximum atomic E-state index is 12.3. The van der Waals surface area contributed by atoms with Crippen LogP contribution in [-0.2, 0) is 20.7 Å². The van der Waals surface area contributed by atoms with Crippen LogP contribution in [0.25, 0.3) is 0 Å². The van der Waals surface area contributed by atoms with E-state index in [4.69, 9.17) is 9.47 Å². The Morgan fingerprint density at radius 2 is 2.04 bits per heavy atom. The predicted octanol–water partition coefficient (Wildman–Crippen LogP) is 4.40. The van der Waals surface area contributed by atoms with E-state index in [0.29, 0.717) is 19.3 Å². The molecule has 5 nitrogen and oxygen atoms in total. The first-order valence-electron chi connectivity index (χ1n) is 9.23. The summed E-state index contributed by atoms with van der Waals surface area (Å²) in [5, 5.41) is 3.67. The van der Waals surface area contributed by atoms with Gasteiger partial charge in [0.05, 0.1) is 12.0 Å². The van der Waals surface area contributed by atoms with Crippen LogP contribution in [0.5, 0.6) is 0 Å². The highest BCUT2D eigenvalue weighted by atomic mass is 79.9. The molecule has 1 aromatic rings. The zero-order chi connectivity index (χ0) is 19.9. The van der Waals surface area contributed by atoms with Gasteiger partial charge in [0, 0.05) is 5.33 Å². The minimum absolute atomic E-state index is 0.177. The molecule has 0 saturated carbocycles. The molecule has 148 valence electrons. The molecule has 1 N–H and O–H groups in total. The van der Waals surface area contributed by atoms with E-state index in [0.717, 1.165) is 10.9 Å². The molecule has 1 aliphatic rings. The van der Waals surface area contributed by atoms with Gasteiger partial charge in [-0.15, -0.1) is 0 Å². The highest BCUT2D eigenvalue weighted by molar-refractivity contribution is 9.09. The summed E-state index contributed by atoms with van der Waals surface area (Å²) >= 11 is 3.33. The normalized spacial score (nSPS) is 21.1. The standard InChI is InChI=1S/C21H28BrNO4/c1-21(2,3)27-20(25)23-17(13-15-9-5-4-6-10-15)18-14-16(19(24)26-18)11-7-8-12-22/h4-10,16-18H,11-14H2,1-3H3,(H,23,25)/b8-7+/t16-,17+,18+/m1/s1. The number of rotatable bonds is 7. The summed E-state index contributed by atoms with van der Waals surface area (Å²) in [6, 6.07) is 9.51. The van der Waals surface area contributed by atoms with Crippen molar-refractivity contribution in [2.24, 2.45) is 5.92 Å². The Kier molecular flexibility index (Phi) is 7.90. The van der Waals surface area contributed by atoms with Crippen LogP contribution in [0, 0.1) is 5.92 Å². The van der Waals surface area contributed by atoms with Gasteiger partial charge in [-0.25, -0.2) is 4.79 Å². The van der Waals surface area contributed by atoms with Crippen LogP contribution < -0.4 is 5.32 Å². The molecule has 0 bridgehead atoms. The second-order valence-corrected chi connectivity index (χ2v) is 8.36. The lowest BCUT2D eigenvalue weighted by Gasteiger charge is -2.26. The summed E-state index contributed by atoms with van der Waals surface area (Å²) in [6.07, 6.45) is 4.89.